The highest BCUT2D eigenvalue weighted by atomic mass is 35.5. The molecule has 1 fully saturated rings. The highest BCUT2D eigenvalue weighted by molar-refractivity contribution is 7.89. The average Bonchev–Trinajstić information content (AvgIpc) is 2.74. The number of nitrogens with zero attached hydrogens (tertiary/aromatic N) is 1. The number of ether oxygens (including phenoxy) is 2. The Morgan fingerprint density at radius 1 is 1.13 bits per heavy atom. The molecule has 0 atom stereocenters. The Hall–Kier alpha value is -2.86. The molecule has 2 aromatic rings. The lowest BCUT2D eigenvalue weighted by atomic mass is 10.2. The predicted octanol–water partition coefficient (Wildman–Crippen LogP) is 1.57. The SMILES string of the molecule is O=C(COC(=O)c1ccc(O)cc1O)Nc1ccc(Cl)c(S(=O)(=O)N2CCOCC2)c1. The fraction of sp³-hybridized carbons (Fsp3) is 0.263. The molecule has 3 rings (SSSR count). The highest BCUT2D eigenvalue weighted by Gasteiger charge is 2.28. The topological polar surface area (TPSA) is 142 Å². The van der Waals surface area contributed by atoms with Gasteiger partial charge in [-0.15, -0.1) is 0 Å². The Morgan fingerprint density at radius 2 is 1.84 bits per heavy atom. The summed E-state index contributed by atoms with van der Waals surface area (Å²) in [5.74, 6) is -2.44. The Morgan fingerprint density at radius 3 is 2.52 bits per heavy atom. The molecule has 31 heavy (non-hydrogen) atoms. The summed E-state index contributed by atoms with van der Waals surface area (Å²) in [7, 11) is -3.88. The number of phenols is 2. The second kappa shape index (κ2) is 9.52. The standard InChI is InChI=1S/C19H19ClN2O8S/c20-15-4-1-12(9-17(15)31(27,28)22-5-7-29-8-6-22)21-18(25)11-30-19(26)14-3-2-13(23)10-16(14)24/h1-4,9-10,23-24H,5-8,11H2,(H,21,25). The summed E-state index contributed by atoms with van der Waals surface area (Å²) in [4.78, 5) is 24.0. The van der Waals surface area contributed by atoms with Crippen LogP contribution in [0, 0.1) is 0 Å². The van der Waals surface area contributed by atoms with E-state index in [0.29, 0.717) is 0 Å². The molecule has 166 valence electrons. The molecule has 0 aliphatic carbocycles. The van der Waals surface area contributed by atoms with E-state index in [0.717, 1.165) is 12.1 Å². The Bertz CT molecular complexity index is 1100. The fourth-order valence-corrected chi connectivity index (χ4v) is 4.71. The van der Waals surface area contributed by atoms with E-state index in [2.05, 4.69) is 5.32 Å². The van der Waals surface area contributed by atoms with Gasteiger partial charge in [0, 0.05) is 24.8 Å². The van der Waals surface area contributed by atoms with E-state index in [-0.39, 0.29) is 53.2 Å². The fourth-order valence-electron chi connectivity index (χ4n) is 2.80. The minimum Gasteiger partial charge on any atom is -0.508 e. The van der Waals surface area contributed by atoms with E-state index in [1.54, 1.807) is 0 Å². The van der Waals surface area contributed by atoms with E-state index in [1.807, 2.05) is 0 Å². The van der Waals surface area contributed by atoms with Crippen molar-refractivity contribution in [3.8, 4) is 11.5 Å². The van der Waals surface area contributed by atoms with Gasteiger partial charge < -0.3 is 25.0 Å². The number of phenolic OH excluding ortho intramolecular Hbond substituents is 2. The molecule has 1 amide bonds. The summed E-state index contributed by atoms with van der Waals surface area (Å²) in [6.45, 7) is 0.238. The summed E-state index contributed by atoms with van der Waals surface area (Å²) >= 11 is 6.07. The normalized spacial score (nSPS) is 14.7. The summed E-state index contributed by atoms with van der Waals surface area (Å²) in [6, 6.07) is 7.25. The summed E-state index contributed by atoms with van der Waals surface area (Å²) in [6.07, 6.45) is 0. The zero-order valence-electron chi connectivity index (χ0n) is 16.1. The van der Waals surface area contributed by atoms with E-state index in [4.69, 9.17) is 21.1 Å². The van der Waals surface area contributed by atoms with Crippen molar-refractivity contribution in [3.63, 3.8) is 0 Å². The zero-order valence-corrected chi connectivity index (χ0v) is 17.6. The lowest BCUT2D eigenvalue weighted by Gasteiger charge is -2.26. The molecule has 1 saturated heterocycles. The molecule has 0 saturated carbocycles. The third kappa shape index (κ3) is 5.44. The van der Waals surface area contributed by atoms with Gasteiger partial charge in [0.1, 0.15) is 22.0 Å². The van der Waals surface area contributed by atoms with Crippen LogP contribution in [0.15, 0.2) is 41.3 Å². The van der Waals surface area contributed by atoms with Crippen LogP contribution in [0.4, 0.5) is 5.69 Å². The van der Waals surface area contributed by atoms with Crippen molar-refractivity contribution < 1.29 is 37.7 Å². The molecule has 1 heterocycles. The number of hydrogen-bond donors (Lipinski definition) is 3. The number of rotatable bonds is 6. The minimum atomic E-state index is -3.88. The lowest BCUT2D eigenvalue weighted by Crippen LogP contribution is -2.40. The number of halogens is 1. The quantitative estimate of drug-likeness (QED) is 0.540. The van der Waals surface area contributed by atoms with Gasteiger partial charge in [0.15, 0.2) is 6.61 Å². The van der Waals surface area contributed by atoms with Crippen LogP contribution in [0.3, 0.4) is 0 Å². The van der Waals surface area contributed by atoms with Crippen LogP contribution < -0.4 is 5.32 Å². The molecule has 1 aliphatic heterocycles. The monoisotopic (exact) mass is 470 g/mol. The Kier molecular flexibility index (Phi) is 7.01. The van der Waals surface area contributed by atoms with Crippen LogP contribution in [0.1, 0.15) is 10.4 Å². The third-order valence-electron chi connectivity index (χ3n) is 4.34. The number of amides is 1. The van der Waals surface area contributed by atoms with E-state index in [9.17, 15) is 28.2 Å². The largest absolute Gasteiger partial charge is 0.508 e. The van der Waals surface area contributed by atoms with Crippen LogP contribution in [-0.4, -0.2) is 67.7 Å². The lowest BCUT2D eigenvalue weighted by molar-refractivity contribution is -0.119. The van der Waals surface area contributed by atoms with Gasteiger partial charge in [-0.2, -0.15) is 4.31 Å². The van der Waals surface area contributed by atoms with Gasteiger partial charge in [-0.3, -0.25) is 4.79 Å². The second-order valence-electron chi connectivity index (χ2n) is 6.49. The van der Waals surface area contributed by atoms with Crippen molar-refractivity contribution >= 4 is 39.2 Å². The molecule has 0 bridgehead atoms. The van der Waals surface area contributed by atoms with E-state index in [1.165, 1.54) is 28.6 Å². The van der Waals surface area contributed by atoms with Crippen LogP contribution in [0.2, 0.25) is 5.02 Å². The first-order valence-electron chi connectivity index (χ1n) is 9.05. The maximum absolute atomic E-state index is 12.8. The van der Waals surface area contributed by atoms with Gasteiger partial charge in [0.05, 0.1) is 18.2 Å². The number of hydrogen-bond acceptors (Lipinski definition) is 8. The van der Waals surface area contributed by atoms with Gasteiger partial charge in [0.2, 0.25) is 10.0 Å². The zero-order chi connectivity index (χ0) is 22.6. The summed E-state index contributed by atoms with van der Waals surface area (Å²) in [5.41, 5.74) is -0.0826. The number of anilines is 1. The maximum atomic E-state index is 12.8. The molecule has 0 radical (unpaired) electrons. The van der Waals surface area contributed by atoms with Crippen molar-refractivity contribution in [3.05, 3.63) is 47.0 Å². The van der Waals surface area contributed by atoms with Crippen LogP contribution in [0.5, 0.6) is 11.5 Å². The molecule has 12 heteroatoms. The molecule has 0 unspecified atom stereocenters. The van der Waals surface area contributed by atoms with Crippen LogP contribution >= 0.6 is 11.6 Å². The molecule has 1 aliphatic rings. The molecule has 2 aromatic carbocycles. The number of morpholine rings is 1. The van der Waals surface area contributed by atoms with E-state index >= 15 is 0 Å². The number of carbonyl (C=O) groups is 2. The molecule has 0 aromatic heterocycles. The first-order valence-corrected chi connectivity index (χ1v) is 10.9. The second-order valence-corrected chi connectivity index (χ2v) is 8.80. The number of aromatic hydroxyl groups is 2. The van der Waals surface area contributed by atoms with Crippen molar-refractivity contribution in [2.24, 2.45) is 0 Å². The van der Waals surface area contributed by atoms with Crippen LogP contribution in [0.25, 0.3) is 0 Å². The smallest absolute Gasteiger partial charge is 0.342 e. The molecular formula is C19H19ClN2O8S. The Balaban J connectivity index is 1.66. The minimum absolute atomic E-state index is 0.00118. The summed E-state index contributed by atoms with van der Waals surface area (Å²) in [5, 5.41) is 21.3. The predicted molar refractivity (Wildman–Crippen MR) is 110 cm³/mol. The van der Waals surface area contributed by atoms with Gasteiger partial charge >= 0.3 is 5.97 Å². The maximum Gasteiger partial charge on any atom is 0.342 e. The van der Waals surface area contributed by atoms with Gasteiger partial charge in [-0.1, -0.05) is 11.6 Å². The van der Waals surface area contributed by atoms with Crippen molar-refractivity contribution in [2.75, 3.05) is 38.2 Å². The van der Waals surface area contributed by atoms with Crippen LogP contribution in [-0.2, 0) is 24.3 Å². The van der Waals surface area contributed by atoms with Gasteiger partial charge in [-0.25, -0.2) is 13.2 Å². The highest BCUT2D eigenvalue weighted by Crippen LogP contribution is 2.28. The van der Waals surface area contributed by atoms with E-state index < -0.39 is 34.3 Å². The number of esters is 1. The Labute approximate surface area is 183 Å². The number of nitrogens with one attached hydrogen (secondary N) is 1. The van der Waals surface area contributed by atoms with Crippen molar-refractivity contribution in [1.82, 2.24) is 4.31 Å². The number of carbonyl (C=O) groups excluding carboxylic acids is 2. The third-order valence-corrected chi connectivity index (χ3v) is 6.72. The number of sulfonamides is 1. The van der Waals surface area contributed by atoms with Crippen molar-refractivity contribution in [2.45, 2.75) is 4.90 Å². The molecular weight excluding hydrogens is 452 g/mol. The first-order chi connectivity index (χ1) is 14.7. The average molecular weight is 471 g/mol. The molecule has 0 spiro atoms. The first kappa shape index (κ1) is 22.8. The summed E-state index contributed by atoms with van der Waals surface area (Å²) < 4.78 is 36.9. The molecule has 10 nitrogen and oxygen atoms in total. The van der Waals surface area contributed by atoms with Crippen molar-refractivity contribution in [1.29, 1.82) is 0 Å². The van der Waals surface area contributed by atoms with Gasteiger partial charge in [0.25, 0.3) is 5.91 Å². The number of benzene rings is 2. The molecule has 3 N–H and O–H groups in total. The van der Waals surface area contributed by atoms with Gasteiger partial charge in [-0.05, 0) is 30.3 Å².